The molecule has 4 nitrogen and oxygen atoms in total. The van der Waals surface area contributed by atoms with Gasteiger partial charge in [0.15, 0.2) is 5.78 Å². The van der Waals surface area contributed by atoms with Crippen molar-refractivity contribution >= 4 is 57.0 Å². The fraction of sp³-hybridized carbons (Fsp3) is 0. The third kappa shape index (κ3) is 6.20. The highest BCUT2D eigenvalue weighted by Gasteiger charge is 2.33. The van der Waals surface area contributed by atoms with Gasteiger partial charge in [-0.3, -0.25) is 4.79 Å². The van der Waals surface area contributed by atoms with Crippen LogP contribution in [0.15, 0.2) is 224 Å². The number of para-hydroxylation sites is 4. The summed E-state index contributed by atoms with van der Waals surface area (Å²) >= 11 is 0. The van der Waals surface area contributed by atoms with Crippen molar-refractivity contribution in [3.8, 4) is 22.3 Å². The molecule has 0 heterocycles. The third-order valence-corrected chi connectivity index (χ3v) is 10.7. The van der Waals surface area contributed by atoms with Crippen molar-refractivity contribution < 1.29 is 4.79 Å². The lowest BCUT2D eigenvalue weighted by Gasteiger charge is -2.29. The van der Waals surface area contributed by atoms with Crippen LogP contribution in [-0.4, -0.2) is 5.78 Å². The van der Waals surface area contributed by atoms with Crippen LogP contribution in [0.2, 0.25) is 0 Å². The zero-order valence-corrected chi connectivity index (χ0v) is 31.1. The van der Waals surface area contributed by atoms with Crippen molar-refractivity contribution in [2.75, 3.05) is 14.7 Å². The molecular weight excluding hydrogens is 695 g/mol. The van der Waals surface area contributed by atoms with Crippen LogP contribution in [0.5, 0.6) is 0 Å². The minimum Gasteiger partial charge on any atom is -0.311 e. The number of hydrogen-bond donors (Lipinski definition) is 0. The Morgan fingerprint density at radius 3 is 1.00 bits per heavy atom. The maximum Gasteiger partial charge on any atom is 0.194 e. The van der Waals surface area contributed by atoms with Crippen molar-refractivity contribution in [1.29, 1.82) is 0 Å². The van der Waals surface area contributed by atoms with Gasteiger partial charge in [0.1, 0.15) is 0 Å². The second kappa shape index (κ2) is 14.5. The fourth-order valence-corrected chi connectivity index (χ4v) is 8.12. The van der Waals surface area contributed by atoms with E-state index >= 15 is 0 Å². The SMILES string of the molecule is O=C1c2cc(N(c3ccc(N(c4ccccc4)c4ccccc4)cc3)c3ccc(N(c4ccccc4)c4ccccc4)cc3)ccc2-c2cc3cccccc-3c21. The molecule has 10 rings (SSSR count). The maximum absolute atomic E-state index is 14.3. The Hall–Kier alpha value is -7.69. The molecule has 0 fully saturated rings. The van der Waals surface area contributed by atoms with Crippen LogP contribution >= 0.6 is 0 Å². The van der Waals surface area contributed by atoms with Gasteiger partial charge < -0.3 is 14.7 Å². The number of benzene rings is 7. The van der Waals surface area contributed by atoms with Crippen LogP contribution in [0, 0.1) is 0 Å². The van der Waals surface area contributed by atoms with E-state index in [0.717, 1.165) is 84.6 Å². The van der Waals surface area contributed by atoms with Crippen LogP contribution < -0.4 is 14.7 Å². The minimum atomic E-state index is 0.0661. The standard InChI is InChI=1S/C53H37N3O/c57-53-51-37-47(34-35-49(51)50-36-38-16-6-1-15-25-48(38)52(50)53)56(45-30-26-43(27-31-45)54(39-17-7-2-8-18-39)40-19-9-3-10-20-40)46-32-28-44(29-33-46)55(41-21-11-4-12-22-41)42-23-13-5-14-24-42/h1-37H. The van der Waals surface area contributed by atoms with Crippen molar-refractivity contribution in [3.63, 3.8) is 0 Å². The number of anilines is 9. The van der Waals surface area contributed by atoms with Gasteiger partial charge in [-0.15, -0.1) is 0 Å². The molecule has 270 valence electrons. The van der Waals surface area contributed by atoms with E-state index in [4.69, 9.17) is 0 Å². The predicted molar refractivity (Wildman–Crippen MR) is 236 cm³/mol. The first-order chi connectivity index (χ1) is 28.2. The average molecular weight is 732 g/mol. The van der Waals surface area contributed by atoms with Gasteiger partial charge in [-0.25, -0.2) is 0 Å². The number of fused-ring (bicyclic) bond motifs is 5. The summed E-state index contributed by atoms with van der Waals surface area (Å²) in [5.41, 5.74) is 14.8. The summed E-state index contributed by atoms with van der Waals surface area (Å²) in [7, 11) is 0. The van der Waals surface area contributed by atoms with Crippen molar-refractivity contribution in [1.82, 2.24) is 0 Å². The van der Waals surface area contributed by atoms with Gasteiger partial charge in [0.25, 0.3) is 0 Å². The van der Waals surface area contributed by atoms with Crippen LogP contribution in [0.25, 0.3) is 22.3 Å². The summed E-state index contributed by atoms with van der Waals surface area (Å²) in [5.74, 6) is 0.0661. The summed E-state index contributed by atoms with van der Waals surface area (Å²) in [4.78, 5) is 21.0. The number of ketones is 1. The number of hydrogen-bond acceptors (Lipinski definition) is 4. The summed E-state index contributed by atoms with van der Waals surface area (Å²) in [6, 6.07) is 77.7. The van der Waals surface area contributed by atoms with Crippen molar-refractivity contribution in [3.05, 3.63) is 236 Å². The van der Waals surface area contributed by atoms with E-state index in [1.807, 2.05) is 42.5 Å². The average Bonchev–Trinajstić information content (AvgIpc) is 3.65. The fourth-order valence-electron chi connectivity index (χ4n) is 8.12. The van der Waals surface area contributed by atoms with Gasteiger partial charge in [0.2, 0.25) is 0 Å². The zero-order chi connectivity index (χ0) is 38.1. The Kier molecular flexibility index (Phi) is 8.62. The largest absolute Gasteiger partial charge is 0.311 e. The van der Waals surface area contributed by atoms with E-state index in [1.165, 1.54) is 0 Å². The topological polar surface area (TPSA) is 26.8 Å². The Bertz CT molecular complexity index is 2580. The Labute approximate surface area is 333 Å². The maximum atomic E-state index is 14.3. The number of carbonyl (C=O) groups is 1. The normalized spacial score (nSPS) is 11.5. The van der Waals surface area contributed by atoms with Crippen LogP contribution in [0.4, 0.5) is 51.2 Å². The Morgan fingerprint density at radius 2 is 0.579 bits per heavy atom. The highest BCUT2D eigenvalue weighted by Crippen LogP contribution is 2.48. The quantitative estimate of drug-likeness (QED) is 0.148. The van der Waals surface area contributed by atoms with Gasteiger partial charge in [-0.1, -0.05) is 109 Å². The number of rotatable bonds is 9. The van der Waals surface area contributed by atoms with E-state index in [0.29, 0.717) is 0 Å². The molecule has 7 aromatic carbocycles. The smallest absolute Gasteiger partial charge is 0.194 e. The van der Waals surface area contributed by atoms with Gasteiger partial charge in [0, 0.05) is 62.3 Å². The lowest BCUT2D eigenvalue weighted by atomic mass is 10.0. The third-order valence-electron chi connectivity index (χ3n) is 10.7. The predicted octanol–water partition coefficient (Wildman–Crippen LogP) is 14.4. The first-order valence-corrected chi connectivity index (χ1v) is 19.2. The Balaban J connectivity index is 1.08. The lowest BCUT2D eigenvalue weighted by Crippen LogP contribution is -2.13. The van der Waals surface area contributed by atoms with Crippen molar-refractivity contribution in [2.45, 2.75) is 0 Å². The molecule has 0 amide bonds. The van der Waals surface area contributed by atoms with Gasteiger partial charge in [0.05, 0.1) is 0 Å². The van der Waals surface area contributed by atoms with Gasteiger partial charge in [-0.2, -0.15) is 0 Å². The second-order valence-electron chi connectivity index (χ2n) is 14.2. The molecule has 0 aromatic heterocycles. The number of carbonyl (C=O) groups excluding carboxylic acids is 1. The van der Waals surface area contributed by atoms with E-state index < -0.39 is 0 Å². The molecular formula is C53H37N3O. The molecule has 3 aliphatic rings. The minimum absolute atomic E-state index is 0.0661. The highest BCUT2D eigenvalue weighted by molar-refractivity contribution is 6.26. The molecule has 0 atom stereocenters. The van der Waals surface area contributed by atoms with Crippen molar-refractivity contribution in [2.24, 2.45) is 0 Å². The molecule has 0 bridgehead atoms. The molecule has 0 N–H and O–H groups in total. The van der Waals surface area contributed by atoms with E-state index in [1.54, 1.807) is 0 Å². The first kappa shape index (κ1) is 33.8. The highest BCUT2D eigenvalue weighted by atomic mass is 16.1. The molecule has 0 spiro atoms. The molecule has 0 aliphatic heterocycles. The summed E-state index contributed by atoms with van der Waals surface area (Å²) in [5, 5.41) is 0. The lowest BCUT2D eigenvalue weighted by molar-refractivity contribution is 0.104. The van der Waals surface area contributed by atoms with E-state index in [9.17, 15) is 4.79 Å². The summed E-state index contributed by atoms with van der Waals surface area (Å²) in [6.07, 6.45) is 0. The molecule has 7 aromatic rings. The van der Waals surface area contributed by atoms with Crippen LogP contribution in [0.3, 0.4) is 0 Å². The van der Waals surface area contributed by atoms with Gasteiger partial charge >= 0.3 is 0 Å². The molecule has 0 radical (unpaired) electrons. The van der Waals surface area contributed by atoms with Crippen LogP contribution in [0.1, 0.15) is 15.9 Å². The molecule has 0 saturated heterocycles. The van der Waals surface area contributed by atoms with Gasteiger partial charge in [-0.05, 0) is 138 Å². The van der Waals surface area contributed by atoms with E-state index in [-0.39, 0.29) is 5.78 Å². The summed E-state index contributed by atoms with van der Waals surface area (Å²) < 4.78 is 0. The second-order valence-corrected chi connectivity index (χ2v) is 14.2. The molecule has 4 heteroatoms. The molecule has 3 aliphatic carbocycles. The molecule has 57 heavy (non-hydrogen) atoms. The molecule has 0 saturated carbocycles. The van der Waals surface area contributed by atoms with Crippen LogP contribution in [-0.2, 0) is 0 Å². The monoisotopic (exact) mass is 731 g/mol. The molecule has 0 unspecified atom stereocenters. The first-order valence-electron chi connectivity index (χ1n) is 19.2. The summed E-state index contributed by atoms with van der Waals surface area (Å²) in [6.45, 7) is 0. The Morgan fingerprint density at radius 1 is 0.246 bits per heavy atom. The zero-order valence-electron chi connectivity index (χ0n) is 31.1. The number of nitrogens with zero attached hydrogens (tertiary/aromatic N) is 3. The van der Waals surface area contributed by atoms with E-state index in [2.05, 4.69) is 197 Å².